The lowest BCUT2D eigenvalue weighted by atomic mass is 9.88. The van der Waals surface area contributed by atoms with Crippen molar-refractivity contribution in [2.24, 2.45) is 0 Å². The summed E-state index contributed by atoms with van der Waals surface area (Å²) in [6, 6.07) is 0. The quantitative estimate of drug-likeness (QED) is 0.589. The maximum absolute atomic E-state index is 3.91. The minimum atomic E-state index is 0.713. The molecule has 1 N–H and O–H groups in total. The summed E-state index contributed by atoms with van der Waals surface area (Å²) in [6.45, 7) is 4.00. The van der Waals surface area contributed by atoms with Crippen molar-refractivity contribution in [3.63, 3.8) is 0 Å². The summed E-state index contributed by atoms with van der Waals surface area (Å²) in [5.74, 6) is 0. The molecule has 0 saturated heterocycles. The first kappa shape index (κ1) is 8.71. The number of hydrogen-bond acceptors (Lipinski definition) is 3. The monoisotopic (exact) mass is 161 g/mol. The summed E-state index contributed by atoms with van der Waals surface area (Å²) in [7, 11) is 2.00. The second-order valence-electron chi connectivity index (χ2n) is 2.24. The van der Waals surface area contributed by atoms with Crippen LogP contribution in [0.5, 0.6) is 0 Å². The minimum Gasteiger partial charge on any atom is -0.342 e. The van der Waals surface area contributed by atoms with Crippen molar-refractivity contribution in [1.82, 2.24) is 19.9 Å². The van der Waals surface area contributed by atoms with Crippen LogP contribution in [0.25, 0.3) is 11.2 Å². The van der Waals surface area contributed by atoms with Crippen molar-refractivity contribution in [3.8, 4) is 0 Å². The number of nitrogens with zero attached hydrogens (tertiary/aromatic N) is 3. The molecule has 0 bridgehead atoms. The first-order valence-corrected chi connectivity index (χ1v) is 3.71. The van der Waals surface area contributed by atoms with Crippen LogP contribution in [0.15, 0.2) is 18.9 Å². The van der Waals surface area contributed by atoms with E-state index in [1.807, 2.05) is 20.9 Å². The Balaban J connectivity index is 0.000000213. The average Bonchev–Trinajstić information content (AvgIpc) is 2.52. The van der Waals surface area contributed by atoms with Crippen LogP contribution in [0.3, 0.4) is 0 Å². The summed E-state index contributed by atoms with van der Waals surface area (Å²) < 4.78 is 0. The normalized spacial score (nSPS) is 8.83. The van der Waals surface area contributed by atoms with Crippen molar-refractivity contribution in [1.29, 1.82) is 0 Å². The largest absolute Gasteiger partial charge is 0.342 e. The van der Waals surface area contributed by atoms with Crippen molar-refractivity contribution in [2.45, 2.75) is 13.6 Å². The van der Waals surface area contributed by atoms with Gasteiger partial charge in [-0.25, -0.2) is 15.0 Å². The van der Waals surface area contributed by atoms with Crippen LogP contribution < -0.4 is 0 Å². The molecule has 1 radical (unpaired) electrons. The van der Waals surface area contributed by atoms with Gasteiger partial charge in [0.25, 0.3) is 0 Å². The van der Waals surface area contributed by atoms with Crippen LogP contribution >= 0.6 is 0 Å². The highest BCUT2D eigenvalue weighted by molar-refractivity contribution is 6.31. The van der Waals surface area contributed by atoms with Crippen molar-refractivity contribution in [2.75, 3.05) is 0 Å². The summed E-state index contributed by atoms with van der Waals surface area (Å²) in [4.78, 5) is 14.5. The van der Waals surface area contributed by atoms with E-state index in [9.17, 15) is 0 Å². The summed E-state index contributed by atoms with van der Waals surface area (Å²) in [5.41, 5.74) is 1.59. The molecule has 5 heteroatoms. The third-order valence-electron chi connectivity index (χ3n) is 1.10. The Morgan fingerprint density at radius 3 is 2.75 bits per heavy atom. The van der Waals surface area contributed by atoms with E-state index >= 15 is 0 Å². The molecule has 0 atom stereocenters. The standard InChI is InChI=1S/C5H4N4.C2H6B/c1-4-5(8-2-6-1)9-3-7-4;1-3-2/h1-3H,(H,6,7,8,9);1-2H3. The van der Waals surface area contributed by atoms with Crippen LogP contribution in [0.2, 0.25) is 13.6 Å². The van der Waals surface area contributed by atoms with Gasteiger partial charge in [0.2, 0.25) is 0 Å². The molecule has 0 aliphatic rings. The number of aromatic nitrogens is 4. The molecule has 0 unspecified atom stereocenters. The molecule has 0 fully saturated rings. The van der Waals surface area contributed by atoms with Gasteiger partial charge >= 0.3 is 0 Å². The van der Waals surface area contributed by atoms with Gasteiger partial charge < -0.3 is 4.98 Å². The predicted molar refractivity (Wildman–Crippen MR) is 49.2 cm³/mol. The number of aromatic amines is 1. The maximum Gasteiger partial charge on any atom is 0.180 e. The molecular formula is C7H10BN4. The lowest BCUT2D eigenvalue weighted by molar-refractivity contribution is 1.20. The molecule has 2 aromatic heterocycles. The van der Waals surface area contributed by atoms with Crippen LogP contribution in [0.4, 0.5) is 0 Å². The maximum atomic E-state index is 3.91. The fourth-order valence-corrected chi connectivity index (χ4v) is 0.691. The van der Waals surface area contributed by atoms with Crippen LogP contribution in [0.1, 0.15) is 0 Å². The van der Waals surface area contributed by atoms with E-state index in [0.717, 1.165) is 5.52 Å². The Morgan fingerprint density at radius 1 is 1.33 bits per heavy atom. The highest BCUT2D eigenvalue weighted by atomic mass is 15.0. The fraction of sp³-hybridized carbons (Fsp3) is 0.286. The van der Waals surface area contributed by atoms with Gasteiger partial charge in [-0.2, -0.15) is 0 Å². The van der Waals surface area contributed by atoms with Crippen molar-refractivity contribution < 1.29 is 0 Å². The van der Waals surface area contributed by atoms with Gasteiger partial charge in [0, 0.05) is 0 Å². The minimum absolute atomic E-state index is 0.713. The Morgan fingerprint density at radius 2 is 2.08 bits per heavy atom. The van der Waals surface area contributed by atoms with Gasteiger partial charge in [0.05, 0.1) is 12.5 Å². The molecule has 61 valence electrons. The molecule has 0 aromatic carbocycles. The first-order chi connectivity index (χ1) is 5.88. The second-order valence-corrected chi connectivity index (χ2v) is 2.24. The Kier molecular flexibility index (Phi) is 3.25. The molecule has 2 heterocycles. The van der Waals surface area contributed by atoms with Gasteiger partial charge in [0.15, 0.2) is 5.65 Å². The average molecular weight is 161 g/mol. The van der Waals surface area contributed by atoms with Crippen LogP contribution in [0, 0.1) is 0 Å². The second kappa shape index (κ2) is 4.48. The molecule has 2 aromatic rings. The molecule has 2 rings (SSSR count). The third-order valence-corrected chi connectivity index (χ3v) is 1.10. The lowest BCUT2D eigenvalue weighted by Gasteiger charge is -1.80. The van der Waals surface area contributed by atoms with Crippen LogP contribution in [-0.2, 0) is 0 Å². The fourth-order valence-electron chi connectivity index (χ4n) is 0.691. The molecule has 0 saturated carbocycles. The lowest BCUT2D eigenvalue weighted by Crippen LogP contribution is -1.76. The summed E-state index contributed by atoms with van der Waals surface area (Å²) in [6.07, 6.45) is 4.76. The Hall–Kier alpha value is -1.39. The SMILES string of the molecule is C[B]C.c1ncc2[nH]cnc2n1. The third kappa shape index (κ3) is 2.05. The first-order valence-electron chi connectivity index (χ1n) is 3.71. The van der Waals surface area contributed by atoms with Crippen molar-refractivity contribution >= 4 is 18.4 Å². The molecule has 12 heavy (non-hydrogen) atoms. The number of fused-ring (bicyclic) bond motifs is 1. The Bertz CT molecular complexity index is 302. The zero-order valence-electron chi connectivity index (χ0n) is 7.15. The highest BCUT2D eigenvalue weighted by Crippen LogP contribution is 1.99. The Labute approximate surface area is 71.7 Å². The molecule has 0 spiro atoms. The van der Waals surface area contributed by atoms with E-state index in [4.69, 9.17) is 0 Å². The van der Waals surface area contributed by atoms with Crippen molar-refractivity contribution in [3.05, 3.63) is 18.9 Å². The predicted octanol–water partition coefficient (Wildman–Crippen LogP) is 1.14. The van der Waals surface area contributed by atoms with Gasteiger partial charge in [0.1, 0.15) is 19.1 Å². The van der Waals surface area contributed by atoms with Gasteiger partial charge in [-0.15, -0.1) is 0 Å². The van der Waals surface area contributed by atoms with E-state index in [1.54, 1.807) is 12.5 Å². The number of rotatable bonds is 0. The molecule has 0 aliphatic carbocycles. The topological polar surface area (TPSA) is 54.5 Å². The van der Waals surface area contributed by atoms with E-state index in [2.05, 4.69) is 19.9 Å². The zero-order chi connectivity index (χ0) is 8.81. The summed E-state index contributed by atoms with van der Waals surface area (Å²) in [5, 5.41) is 0. The zero-order valence-corrected chi connectivity index (χ0v) is 7.15. The van der Waals surface area contributed by atoms with Gasteiger partial charge in [-0.3, -0.25) is 0 Å². The smallest absolute Gasteiger partial charge is 0.180 e. The molecule has 0 aliphatic heterocycles. The summed E-state index contributed by atoms with van der Waals surface area (Å²) >= 11 is 0. The molecular weight excluding hydrogens is 151 g/mol. The number of nitrogens with one attached hydrogen (secondary N) is 1. The van der Waals surface area contributed by atoms with E-state index < -0.39 is 0 Å². The number of hydrogen-bond donors (Lipinski definition) is 1. The number of H-pyrrole nitrogens is 1. The van der Waals surface area contributed by atoms with Gasteiger partial charge in [-0.1, -0.05) is 13.6 Å². The number of imidazole rings is 1. The highest BCUT2D eigenvalue weighted by Gasteiger charge is 1.91. The molecule has 4 nitrogen and oxygen atoms in total. The van der Waals surface area contributed by atoms with Gasteiger partial charge in [-0.05, 0) is 0 Å². The van der Waals surface area contributed by atoms with E-state index in [0.29, 0.717) is 5.65 Å². The van der Waals surface area contributed by atoms with Crippen LogP contribution in [-0.4, -0.2) is 27.2 Å². The van der Waals surface area contributed by atoms with E-state index in [1.165, 1.54) is 6.33 Å². The van der Waals surface area contributed by atoms with E-state index in [-0.39, 0.29) is 0 Å². The molecule has 0 amide bonds.